The van der Waals surface area contributed by atoms with E-state index in [2.05, 4.69) is 10.2 Å². The first-order valence-electron chi connectivity index (χ1n) is 6.52. The van der Waals surface area contributed by atoms with Crippen LogP contribution in [0.5, 0.6) is 0 Å². The molecule has 1 saturated heterocycles. The number of alkyl halides is 3. The lowest BCUT2D eigenvalue weighted by atomic mass is 10.2. The topological polar surface area (TPSA) is 32.3 Å². The van der Waals surface area contributed by atoms with Gasteiger partial charge < -0.3 is 5.32 Å². The third kappa shape index (κ3) is 3.72. The molecule has 0 radical (unpaired) electrons. The summed E-state index contributed by atoms with van der Waals surface area (Å²) in [6.45, 7) is 3.08. The summed E-state index contributed by atoms with van der Waals surface area (Å²) in [6, 6.07) is 9.45. The summed E-state index contributed by atoms with van der Waals surface area (Å²) in [5.74, 6) is -1.85. The molecule has 0 bridgehead atoms. The number of likely N-dealkylation sites (tertiary alicyclic amines) is 1. The van der Waals surface area contributed by atoms with E-state index in [1.807, 2.05) is 37.3 Å². The van der Waals surface area contributed by atoms with E-state index in [1.165, 1.54) is 0 Å². The zero-order chi connectivity index (χ0) is 14.8. The Hall–Kier alpha value is -1.56. The van der Waals surface area contributed by atoms with Crippen LogP contribution in [0.15, 0.2) is 30.3 Å². The van der Waals surface area contributed by atoms with Crippen LogP contribution in [-0.4, -0.2) is 35.6 Å². The second-order valence-corrected chi connectivity index (χ2v) is 5.17. The molecule has 1 aromatic rings. The molecule has 1 N–H and O–H groups in total. The molecule has 1 fully saturated rings. The highest BCUT2D eigenvalue weighted by Crippen LogP contribution is 2.22. The van der Waals surface area contributed by atoms with Crippen LogP contribution >= 0.6 is 0 Å². The molecule has 20 heavy (non-hydrogen) atoms. The van der Waals surface area contributed by atoms with Crippen molar-refractivity contribution in [2.45, 2.75) is 38.1 Å². The van der Waals surface area contributed by atoms with Crippen LogP contribution in [0.3, 0.4) is 0 Å². The predicted molar refractivity (Wildman–Crippen MR) is 68.9 cm³/mol. The quantitative estimate of drug-likeness (QED) is 0.925. The van der Waals surface area contributed by atoms with Gasteiger partial charge in [0.1, 0.15) is 0 Å². The maximum Gasteiger partial charge on any atom is 0.471 e. The molecule has 1 aliphatic rings. The summed E-state index contributed by atoms with van der Waals surface area (Å²) in [4.78, 5) is 13.0. The third-order valence-corrected chi connectivity index (χ3v) is 3.53. The Morgan fingerprint density at radius 1 is 1.35 bits per heavy atom. The summed E-state index contributed by atoms with van der Waals surface area (Å²) in [6.07, 6.45) is -4.27. The van der Waals surface area contributed by atoms with Crippen LogP contribution in [-0.2, 0) is 11.3 Å². The molecule has 0 saturated carbocycles. The van der Waals surface area contributed by atoms with Gasteiger partial charge in [0.2, 0.25) is 0 Å². The molecule has 2 rings (SSSR count). The first kappa shape index (κ1) is 14.8. The highest BCUT2D eigenvalue weighted by Gasteiger charge is 2.41. The van der Waals surface area contributed by atoms with E-state index < -0.39 is 18.1 Å². The SMILES string of the molecule is CC1CC(NC(=O)C(F)(F)F)CN1Cc1ccccc1. The number of amides is 1. The zero-order valence-corrected chi connectivity index (χ0v) is 11.2. The van der Waals surface area contributed by atoms with E-state index in [1.54, 1.807) is 0 Å². The average molecular weight is 286 g/mol. The Balaban J connectivity index is 1.91. The molecular weight excluding hydrogens is 269 g/mol. The van der Waals surface area contributed by atoms with Gasteiger partial charge in [-0.1, -0.05) is 30.3 Å². The van der Waals surface area contributed by atoms with Crippen LogP contribution in [0.2, 0.25) is 0 Å². The molecule has 3 nitrogen and oxygen atoms in total. The van der Waals surface area contributed by atoms with Crippen LogP contribution in [0, 0.1) is 0 Å². The highest BCUT2D eigenvalue weighted by atomic mass is 19.4. The summed E-state index contributed by atoms with van der Waals surface area (Å²) in [7, 11) is 0. The fourth-order valence-electron chi connectivity index (χ4n) is 2.51. The van der Waals surface area contributed by atoms with Crippen molar-refractivity contribution in [3.8, 4) is 0 Å². The average Bonchev–Trinajstić information content (AvgIpc) is 2.70. The van der Waals surface area contributed by atoms with Crippen molar-refractivity contribution in [3.63, 3.8) is 0 Å². The number of hydrogen-bond donors (Lipinski definition) is 1. The Labute approximate surface area is 115 Å². The molecule has 1 amide bonds. The van der Waals surface area contributed by atoms with Crippen molar-refractivity contribution in [2.24, 2.45) is 0 Å². The number of carbonyl (C=O) groups excluding carboxylic acids is 1. The van der Waals surface area contributed by atoms with Gasteiger partial charge in [-0.3, -0.25) is 9.69 Å². The van der Waals surface area contributed by atoms with Crippen LogP contribution < -0.4 is 5.32 Å². The standard InChI is InChI=1S/C14H17F3N2O/c1-10-7-12(18-13(20)14(15,16)17)9-19(10)8-11-5-3-2-4-6-11/h2-6,10,12H,7-9H2,1H3,(H,18,20). The van der Waals surface area contributed by atoms with Gasteiger partial charge in [-0.2, -0.15) is 13.2 Å². The fraction of sp³-hybridized carbons (Fsp3) is 0.500. The lowest BCUT2D eigenvalue weighted by Gasteiger charge is -2.20. The van der Waals surface area contributed by atoms with Gasteiger partial charge in [-0.05, 0) is 18.9 Å². The number of rotatable bonds is 3. The van der Waals surface area contributed by atoms with Gasteiger partial charge in [0, 0.05) is 25.2 Å². The van der Waals surface area contributed by atoms with E-state index in [4.69, 9.17) is 0 Å². The lowest BCUT2D eigenvalue weighted by Crippen LogP contribution is -2.44. The fourth-order valence-corrected chi connectivity index (χ4v) is 2.51. The summed E-state index contributed by atoms with van der Waals surface area (Å²) in [5.41, 5.74) is 1.11. The van der Waals surface area contributed by atoms with Gasteiger partial charge in [-0.25, -0.2) is 0 Å². The number of nitrogens with zero attached hydrogens (tertiary/aromatic N) is 1. The minimum Gasteiger partial charge on any atom is -0.344 e. The molecule has 1 aromatic carbocycles. The molecule has 1 heterocycles. The van der Waals surface area contributed by atoms with Crippen molar-refractivity contribution in [3.05, 3.63) is 35.9 Å². The molecule has 110 valence electrons. The minimum absolute atomic E-state index is 0.147. The van der Waals surface area contributed by atoms with Crippen LogP contribution in [0.1, 0.15) is 18.9 Å². The Bertz CT molecular complexity index is 461. The molecule has 2 unspecified atom stereocenters. The Kier molecular flexibility index (Phi) is 4.32. The van der Waals surface area contributed by atoms with Crippen LogP contribution in [0.4, 0.5) is 13.2 Å². The minimum atomic E-state index is -4.81. The van der Waals surface area contributed by atoms with Gasteiger partial charge in [0.15, 0.2) is 0 Å². The molecule has 0 aromatic heterocycles. The predicted octanol–water partition coefficient (Wildman–Crippen LogP) is 2.33. The van der Waals surface area contributed by atoms with E-state index in [9.17, 15) is 18.0 Å². The van der Waals surface area contributed by atoms with Crippen molar-refractivity contribution >= 4 is 5.91 Å². The largest absolute Gasteiger partial charge is 0.471 e. The van der Waals surface area contributed by atoms with E-state index >= 15 is 0 Å². The lowest BCUT2D eigenvalue weighted by molar-refractivity contribution is -0.174. The first-order chi connectivity index (χ1) is 9.36. The summed E-state index contributed by atoms with van der Waals surface area (Å²) in [5, 5.41) is 2.06. The molecule has 1 aliphatic heterocycles. The molecule has 0 aliphatic carbocycles. The number of carbonyl (C=O) groups is 1. The summed E-state index contributed by atoms with van der Waals surface area (Å²) >= 11 is 0. The number of benzene rings is 1. The van der Waals surface area contributed by atoms with Crippen molar-refractivity contribution in [2.75, 3.05) is 6.54 Å². The zero-order valence-electron chi connectivity index (χ0n) is 11.2. The second-order valence-electron chi connectivity index (χ2n) is 5.17. The molecule has 6 heteroatoms. The van der Waals surface area contributed by atoms with Crippen LogP contribution in [0.25, 0.3) is 0 Å². The Morgan fingerprint density at radius 2 is 2.00 bits per heavy atom. The normalized spacial score (nSPS) is 23.8. The summed E-state index contributed by atoms with van der Waals surface area (Å²) < 4.78 is 36.7. The van der Waals surface area contributed by atoms with E-state index in [0.717, 1.165) is 5.56 Å². The first-order valence-corrected chi connectivity index (χ1v) is 6.52. The molecular formula is C14H17F3N2O. The van der Waals surface area contributed by atoms with Gasteiger partial charge in [-0.15, -0.1) is 0 Å². The molecule has 2 atom stereocenters. The van der Waals surface area contributed by atoms with E-state index in [0.29, 0.717) is 19.5 Å². The van der Waals surface area contributed by atoms with Crippen molar-refractivity contribution < 1.29 is 18.0 Å². The number of nitrogens with one attached hydrogen (secondary N) is 1. The van der Waals surface area contributed by atoms with Crippen molar-refractivity contribution in [1.29, 1.82) is 0 Å². The van der Waals surface area contributed by atoms with E-state index in [-0.39, 0.29) is 6.04 Å². The Morgan fingerprint density at radius 3 is 2.60 bits per heavy atom. The van der Waals surface area contributed by atoms with Gasteiger partial charge >= 0.3 is 12.1 Å². The van der Waals surface area contributed by atoms with Gasteiger partial charge in [0.25, 0.3) is 0 Å². The monoisotopic (exact) mass is 286 g/mol. The molecule has 0 spiro atoms. The highest BCUT2D eigenvalue weighted by molar-refractivity contribution is 5.82. The number of halogens is 3. The maximum absolute atomic E-state index is 12.2. The maximum atomic E-state index is 12.2. The van der Waals surface area contributed by atoms with Gasteiger partial charge in [0.05, 0.1) is 0 Å². The van der Waals surface area contributed by atoms with Crippen molar-refractivity contribution in [1.82, 2.24) is 10.2 Å². The second kappa shape index (κ2) is 5.83. The third-order valence-electron chi connectivity index (χ3n) is 3.53. The smallest absolute Gasteiger partial charge is 0.344 e. The number of hydrogen-bond acceptors (Lipinski definition) is 2.